The highest BCUT2D eigenvalue weighted by Gasteiger charge is 2.58. The molecule has 3 aliphatic carbocycles. The van der Waals surface area contributed by atoms with Crippen molar-refractivity contribution in [3.63, 3.8) is 0 Å². The van der Waals surface area contributed by atoms with Crippen LogP contribution in [0, 0.1) is 23.2 Å². The fourth-order valence-corrected chi connectivity index (χ4v) is 7.12. The number of esters is 1. The molecule has 5 rings (SSSR count). The van der Waals surface area contributed by atoms with Crippen LogP contribution in [-0.2, 0) is 27.4 Å². The number of Topliss-reactive ketones (excluding diaryl/α,β-unsaturated/α-hetero) is 1. The maximum atomic E-state index is 13.1. The lowest BCUT2D eigenvalue weighted by Crippen LogP contribution is -2.44. The zero-order valence-electron chi connectivity index (χ0n) is 19.7. The second kappa shape index (κ2) is 8.96. The molecule has 0 bridgehead atoms. The summed E-state index contributed by atoms with van der Waals surface area (Å²) in [6.07, 6.45) is 5.98. The smallest absolute Gasteiger partial charge is 0.305 e. The Hall–Kier alpha value is -2.62. The van der Waals surface area contributed by atoms with Gasteiger partial charge in [0.25, 0.3) is 0 Å². The first kappa shape index (κ1) is 22.2. The molecular formula is C29H34O4. The first-order valence-electron chi connectivity index (χ1n) is 12.4. The Morgan fingerprint density at radius 3 is 2.73 bits per heavy atom. The average molecular weight is 447 g/mol. The van der Waals surface area contributed by atoms with Crippen molar-refractivity contribution >= 4 is 11.8 Å². The monoisotopic (exact) mass is 446 g/mol. The Morgan fingerprint density at radius 2 is 1.94 bits per heavy atom. The number of hydrogen-bond donors (Lipinski definition) is 0. The van der Waals surface area contributed by atoms with E-state index in [1.807, 2.05) is 18.2 Å². The minimum Gasteiger partial charge on any atom is -0.489 e. The van der Waals surface area contributed by atoms with Crippen LogP contribution in [0.2, 0.25) is 0 Å². The van der Waals surface area contributed by atoms with Gasteiger partial charge < -0.3 is 9.47 Å². The molecule has 0 unspecified atom stereocenters. The zero-order valence-corrected chi connectivity index (χ0v) is 19.7. The molecule has 0 N–H and O–H groups in total. The quantitative estimate of drug-likeness (QED) is 0.521. The van der Waals surface area contributed by atoms with Gasteiger partial charge in [0.05, 0.1) is 7.11 Å². The number of ether oxygens (including phenoxy) is 2. The third kappa shape index (κ3) is 4.09. The highest BCUT2D eigenvalue weighted by molar-refractivity contribution is 5.87. The first-order chi connectivity index (χ1) is 16.0. The fraction of sp³-hybridized carbons (Fsp3) is 0.517. The Kier molecular flexibility index (Phi) is 6.03. The van der Waals surface area contributed by atoms with E-state index in [0.29, 0.717) is 48.9 Å². The van der Waals surface area contributed by atoms with Crippen LogP contribution >= 0.6 is 0 Å². The second-order valence-electron chi connectivity index (χ2n) is 10.4. The predicted molar refractivity (Wildman–Crippen MR) is 127 cm³/mol. The van der Waals surface area contributed by atoms with Crippen LogP contribution in [0.3, 0.4) is 0 Å². The van der Waals surface area contributed by atoms with Gasteiger partial charge in [-0.3, -0.25) is 9.59 Å². The van der Waals surface area contributed by atoms with E-state index < -0.39 is 0 Å². The lowest BCUT2D eigenvalue weighted by atomic mass is 9.54. The molecular weight excluding hydrogens is 412 g/mol. The Balaban J connectivity index is 1.34. The standard InChI is InChI=1S/C29H34O4/c1-29-15-14-24-23-12-10-22(33-18-19-6-4-3-5-7-19)16-20(23)8-11-25(24)28(29)21(17-26(29)30)9-13-27(31)32-2/h3-7,10,12,16,21,24-25,28H,8-9,11,13-15,17-18H2,1-2H3/t21-,24-,25-,28+,29-/m1/s1. The normalized spacial score (nSPS) is 30.2. The van der Waals surface area contributed by atoms with Crippen molar-refractivity contribution in [2.24, 2.45) is 23.2 Å². The summed E-state index contributed by atoms with van der Waals surface area (Å²) >= 11 is 0. The summed E-state index contributed by atoms with van der Waals surface area (Å²) in [5.74, 6) is 2.86. The second-order valence-corrected chi connectivity index (χ2v) is 10.4. The molecule has 174 valence electrons. The molecule has 0 heterocycles. The number of methoxy groups -OCH3 is 1. The van der Waals surface area contributed by atoms with Crippen molar-refractivity contribution in [1.29, 1.82) is 0 Å². The van der Waals surface area contributed by atoms with Gasteiger partial charge in [0.2, 0.25) is 0 Å². The summed E-state index contributed by atoms with van der Waals surface area (Å²) < 4.78 is 11.0. The highest BCUT2D eigenvalue weighted by Crippen LogP contribution is 2.62. The summed E-state index contributed by atoms with van der Waals surface area (Å²) in [5, 5.41) is 0. The number of fused-ring (bicyclic) bond motifs is 5. The van der Waals surface area contributed by atoms with Crippen molar-refractivity contribution in [3.8, 4) is 5.75 Å². The molecule has 4 nitrogen and oxygen atoms in total. The third-order valence-electron chi connectivity index (χ3n) is 8.74. The lowest BCUT2D eigenvalue weighted by molar-refractivity contribution is -0.141. The van der Waals surface area contributed by atoms with Crippen LogP contribution in [0.5, 0.6) is 5.75 Å². The SMILES string of the molecule is COC(=O)CC[C@@H]1CC(=O)[C@@]2(C)CC[C@@H]3c4ccc(OCc5ccccc5)cc4CC[C@H]3[C@H]12. The van der Waals surface area contributed by atoms with Gasteiger partial charge in [-0.25, -0.2) is 0 Å². The van der Waals surface area contributed by atoms with Gasteiger partial charge in [-0.05, 0) is 84.6 Å². The molecule has 5 atom stereocenters. The number of rotatable bonds is 6. The van der Waals surface area contributed by atoms with Gasteiger partial charge in [0, 0.05) is 18.3 Å². The molecule has 3 aliphatic rings. The van der Waals surface area contributed by atoms with Crippen molar-refractivity contribution in [2.45, 2.75) is 64.4 Å². The van der Waals surface area contributed by atoms with Crippen LogP contribution in [0.25, 0.3) is 0 Å². The minimum atomic E-state index is -0.224. The molecule has 0 saturated heterocycles. The van der Waals surface area contributed by atoms with Gasteiger partial charge in [0.1, 0.15) is 18.1 Å². The number of ketones is 1. The van der Waals surface area contributed by atoms with Gasteiger partial charge in [-0.2, -0.15) is 0 Å². The van der Waals surface area contributed by atoms with E-state index >= 15 is 0 Å². The topological polar surface area (TPSA) is 52.6 Å². The van der Waals surface area contributed by atoms with Crippen molar-refractivity contribution < 1.29 is 19.1 Å². The Bertz CT molecular complexity index is 1030. The van der Waals surface area contributed by atoms with Crippen LogP contribution in [0.1, 0.15) is 68.1 Å². The van der Waals surface area contributed by atoms with E-state index in [1.54, 1.807) is 0 Å². The molecule has 0 amide bonds. The largest absolute Gasteiger partial charge is 0.489 e. The molecule has 2 fully saturated rings. The van der Waals surface area contributed by atoms with E-state index in [1.165, 1.54) is 23.8 Å². The molecule has 0 aromatic heterocycles. The molecule has 0 aliphatic heterocycles. The van der Waals surface area contributed by atoms with Crippen LogP contribution in [0.4, 0.5) is 0 Å². The summed E-state index contributed by atoms with van der Waals surface area (Å²) in [6.45, 7) is 2.78. The molecule has 33 heavy (non-hydrogen) atoms. The summed E-state index contributed by atoms with van der Waals surface area (Å²) in [7, 11) is 1.44. The zero-order chi connectivity index (χ0) is 23.0. The number of carbonyl (C=O) groups is 2. The first-order valence-corrected chi connectivity index (χ1v) is 12.4. The molecule has 4 heteroatoms. The molecule has 2 aromatic rings. The molecule has 2 aromatic carbocycles. The van der Waals surface area contributed by atoms with Gasteiger partial charge in [-0.15, -0.1) is 0 Å². The van der Waals surface area contributed by atoms with Gasteiger partial charge in [0.15, 0.2) is 0 Å². The van der Waals surface area contributed by atoms with Gasteiger partial charge >= 0.3 is 5.97 Å². The fourth-order valence-electron chi connectivity index (χ4n) is 7.12. The maximum Gasteiger partial charge on any atom is 0.305 e. The minimum absolute atomic E-state index is 0.166. The summed E-state index contributed by atoms with van der Waals surface area (Å²) in [4.78, 5) is 24.9. The lowest BCUT2D eigenvalue weighted by Gasteiger charge is -2.50. The van der Waals surface area contributed by atoms with Crippen LogP contribution in [-0.4, -0.2) is 18.9 Å². The van der Waals surface area contributed by atoms with Crippen molar-refractivity contribution in [3.05, 3.63) is 65.2 Å². The van der Waals surface area contributed by atoms with E-state index in [2.05, 4.69) is 37.3 Å². The van der Waals surface area contributed by atoms with Crippen molar-refractivity contribution in [1.82, 2.24) is 0 Å². The molecule has 2 saturated carbocycles. The molecule has 0 radical (unpaired) electrons. The van der Waals surface area contributed by atoms with Gasteiger partial charge in [-0.1, -0.05) is 43.3 Å². The Morgan fingerprint density at radius 1 is 1.12 bits per heavy atom. The molecule has 0 spiro atoms. The Labute approximate surface area is 196 Å². The van der Waals surface area contributed by atoms with E-state index in [9.17, 15) is 9.59 Å². The third-order valence-corrected chi connectivity index (χ3v) is 8.74. The summed E-state index contributed by atoms with van der Waals surface area (Å²) in [6, 6.07) is 16.9. The average Bonchev–Trinajstić information content (AvgIpc) is 3.11. The number of aryl methyl sites for hydroxylation is 1. The maximum absolute atomic E-state index is 13.1. The van der Waals surface area contributed by atoms with E-state index in [4.69, 9.17) is 9.47 Å². The number of benzene rings is 2. The number of hydrogen-bond acceptors (Lipinski definition) is 4. The van der Waals surface area contributed by atoms with E-state index in [0.717, 1.165) is 37.9 Å². The van der Waals surface area contributed by atoms with Crippen LogP contribution < -0.4 is 4.74 Å². The van der Waals surface area contributed by atoms with Crippen molar-refractivity contribution in [2.75, 3.05) is 7.11 Å². The van der Waals surface area contributed by atoms with Crippen LogP contribution in [0.15, 0.2) is 48.5 Å². The summed E-state index contributed by atoms with van der Waals surface area (Å²) in [5.41, 5.74) is 3.80. The highest BCUT2D eigenvalue weighted by atomic mass is 16.5. The van der Waals surface area contributed by atoms with E-state index in [-0.39, 0.29) is 11.4 Å². The predicted octanol–water partition coefficient (Wildman–Crippen LogP) is 5.87. The number of carbonyl (C=O) groups excluding carboxylic acids is 2.